The lowest BCUT2D eigenvalue weighted by atomic mass is 10.1. The van der Waals surface area contributed by atoms with Crippen LogP contribution >= 0.6 is 11.6 Å². The fourth-order valence-electron chi connectivity index (χ4n) is 2.24. The van der Waals surface area contributed by atoms with Crippen LogP contribution in [0.5, 0.6) is 5.88 Å². The Kier molecular flexibility index (Phi) is 4.70. The third-order valence-electron chi connectivity index (χ3n) is 3.30. The number of ether oxygens (including phenoxy) is 1. The molecule has 1 aromatic rings. The van der Waals surface area contributed by atoms with Crippen LogP contribution in [0.2, 0.25) is 5.15 Å². The second-order valence-corrected chi connectivity index (χ2v) is 5.15. The SMILES string of the molecule is CN1CCCC1CCOc1cc(Cl)nc(C(F)(F)F)n1. The predicted molar refractivity (Wildman–Crippen MR) is 67.8 cm³/mol. The van der Waals surface area contributed by atoms with Gasteiger partial charge in [0.25, 0.3) is 0 Å². The molecule has 8 heteroatoms. The van der Waals surface area contributed by atoms with Crippen LogP contribution in [0.1, 0.15) is 25.1 Å². The van der Waals surface area contributed by atoms with Gasteiger partial charge in [-0.15, -0.1) is 0 Å². The second-order valence-electron chi connectivity index (χ2n) is 4.76. The van der Waals surface area contributed by atoms with Gasteiger partial charge in [-0.1, -0.05) is 11.6 Å². The molecule has 2 rings (SSSR count). The molecule has 1 fully saturated rings. The van der Waals surface area contributed by atoms with Crippen LogP contribution < -0.4 is 4.74 Å². The van der Waals surface area contributed by atoms with E-state index in [1.807, 2.05) is 7.05 Å². The summed E-state index contributed by atoms with van der Waals surface area (Å²) in [6, 6.07) is 1.60. The molecule has 0 saturated carbocycles. The van der Waals surface area contributed by atoms with E-state index in [2.05, 4.69) is 14.9 Å². The smallest absolute Gasteiger partial charge is 0.451 e. The first kappa shape index (κ1) is 15.3. The summed E-state index contributed by atoms with van der Waals surface area (Å²) in [6.07, 6.45) is -1.66. The average Bonchev–Trinajstić information content (AvgIpc) is 2.73. The molecular weight excluding hydrogens is 295 g/mol. The minimum absolute atomic E-state index is 0.141. The van der Waals surface area contributed by atoms with Crippen molar-refractivity contribution in [2.45, 2.75) is 31.5 Å². The maximum Gasteiger partial charge on any atom is 0.451 e. The molecule has 0 aliphatic carbocycles. The monoisotopic (exact) mass is 309 g/mol. The van der Waals surface area contributed by atoms with E-state index >= 15 is 0 Å². The number of rotatable bonds is 4. The number of hydrogen-bond donors (Lipinski definition) is 0. The Balaban J connectivity index is 1.94. The van der Waals surface area contributed by atoms with Gasteiger partial charge < -0.3 is 9.64 Å². The molecule has 0 bridgehead atoms. The highest BCUT2D eigenvalue weighted by Crippen LogP contribution is 2.29. The Bertz CT molecular complexity index is 470. The number of likely N-dealkylation sites (tertiary alicyclic amines) is 1. The topological polar surface area (TPSA) is 38.2 Å². The van der Waals surface area contributed by atoms with E-state index in [-0.39, 0.29) is 11.0 Å². The standard InChI is InChI=1S/C12H15ClF3N3O/c1-19-5-2-3-8(19)4-6-20-10-7-9(13)17-11(18-10)12(14,15)16/h7-8H,2-6H2,1H3. The van der Waals surface area contributed by atoms with Crippen molar-refractivity contribution in [3.63, 3.8) is 0 Å². The van der Waals surface area contributed by atoms with E-state index < -0.39 is 12.0 Å². The molecule has 1 unspecified atom stereocenters. The van der Waals surface area contributed by atoms with Crippen molar-refractivity contribution in [1.29, 1.82) is 0 Å². The largest absolute Gasteiger partial charge is 0.477 e. The molecule has 1 aliphatic rings. The van der Waals surface area contributed by atoms with Crippen LogP contribution in [0.3, 0.4) is 0 Å². The van der Waals surface area contributed by atoms with Crippen molar-refractivity contribution in [2.75, 3.05) is 20.2 Å². The number of halogens is 4. The van der Waals surface area contributed by atoms with Gasteiger partial charge in [-0.3, -0.25) is 0 Å². The number of alkyl halides is 3. The average molecular weight is 310 g/mol. The Morgan fingerprint density at radius 2 is 2.20 bits per heavy atom. The van der Waals surface area contributed by atoms with Gasteiger partial charge in [0.05, 0.1) is 6.61 Å². The normalized spacial score (nSPS) is 20.4. The molecular formula is C12H15ClF3N3O. The predicted octanol–water partition coefficient (Wildman–Crippen LogP) is 3.01. The molecule has 1 aliphatic heterocycles. The summed E-state index contributed by atoms with van der Waals surface area (Å²) in [5.74, 6) is -1.42. The van der Waals surface area contributed by atoms with E-state index in [1.165, 1.54) is 6.07 Å². The van der Waals surface area contributed by atoms with Gasteiger partial charge >= 0.3 is 6.18 Å². The number of nitrogens with zero attached hydrogens (tertiary/aromatic N) is 3. The molecule has 112 valence electrons. The summed E-state index contributed by atoms with van der Waals surface area (Å²) in [6.45, 7) is 1.35. The molecule has 2 heterocycles. The zero-order chi connectivity index (χ0) is 14.8. The molecule has 0 radical (unpaired) electrons. The summed E-state index contributed by atoms with van der Waals surface area (Å²) in [4.78, 5) is 8.70. The second kappa shape index (κ2) is 6.13. The summed E-state index contributed by atoms with van der Waals surface area (Å²) < 4.78 is 42.8. The van der Waals surface area contributed by atoms with Gasteiger partial charge in [-0.25, -0.2) is 4.98 Å². The quantitative estimate of drug-likeness (QED) is 0.801. The van der Waals surface area contributed by atoms with E-state index in [0.717, 1.165) is 25.8 Å². The van der Waals surface area contributed by atoms with Gasteiger partial charge in [0.1, 0.15) is 5.15 Å². The van der Waals surface area contributed by atoms with Crippen LogP contribution in [-0.2, 0) is 6.18 Å². The van der Waals surface area contributed by atoms with Crippen molar-refractivity contribution < 1.29 is 17.9 Å². The Morgan fingerprint density at radius 3 is 2.80 bits per heavy atom. The zero-order valence-corrected chi connectivity index (χ0v) is 11.7. The van der Waals surface area contributed by atoms with Gasteiger partial charge in [0.2, 0.25) is 11.7 Å². The van der Waals surface area contributed by atoms with Gasteiger partial charge in [-0.2, -0.15) is 18.2 Å². The van der Waals surface area contributed by atoms with Crippen LogP contribution in [0.25, 0.3) is 0 Å². The summed E-state index contributed by atoms with van der Waals surface area (Å²) >= 11 is 5.55. The first-order chi connectivity index (χ1) is 9.36. The molecule has 1 aromatic heterocycles. The van der Waals surface area contributed by atoms with Crippen LogP contribution in [0, 0.1) is 0 Å². The van der Waals surface area contributed by atoms with E-state index in [9.17, 15) is 13.2 Å². The third-order valence-corrected chi connectivity index (χ3v) is 3.49. The van der Waals surface area contributed by atoms with Crippen LogP contribution in [0.4, 0.5) is 13.2 Å². The van der Waals surface area contributed by atoms with E-state index in [1.54, 1.807) is 0 Å². The Labute approximate surface area is 119 Å². The van der Waals surface area contributed by atoms with Crippen molar-refractivity contribution in [1.82, 2.24) is 14.9 Å². The highest BCUT2D eigenvalue weighted by molar-refractivity contribution is 6.29. The Hall–Kier alpha value is -1.08. The summed E-state index contributed by atoms with van der Waals surface area (Å²) in [5.41, 5.74) is 0. The fraction of sp³-hybridized carbons (Fsp3) is 0.667. The molecule has 0 N–H and O–H groups in total. The van der Waals surface area contributed by atoms with Crippen LogP contribution in [0.15, 0.2) is 6.07 Å². The first-order valence-electron chi connectivity index (χ1n) is 6.31. The maximum absolute atomic E-state index is 12.5. The molecule has 1 atom stereocenters. The molecule has 0 aromatic carbocycles. The van der Waals surface area contributed by atoms with Crippen molar-refractivity contribution in [2.24, 2.45) is 0 Å². The van der Waals surface area contributed by atoms with Gasteiger partial charge in [0.15, 0.2) is 0 Å². The van der Waals surface area contributed by atoms with Crippen molar-refractivity contribution in [3.05, 3.63) is 17.0 Å². The molecule has 0 spiro atoms. The Morgan fingerprint density at radius 1 is 1.45 bits per heavy atom. The zero-order valence-electron chi connectivity index (χ0n) is 11.0. The lowest BCUT2D eigenvalue weighted by Crippen LogP contribution is -2.26. The maximum atomic E-state index is 12.5. The van der Waals surface area contributed by atoms with Gasteiger partial charge in [0, 0.05) is 12.1 Å². The lowest BCUT2D eigenvalue weighted by Gasteiger charge is -2.19. The van der Waals surface area contributed by atoms with Crippen molar-refractivity contribution in [3.8, 4) is 5.88 Å². The third kappa shape index (κ3) is 3.96. The van der Waals surface area contributed by atoms with Gasteiger partial charge in [-0.05, 0) is 32.9 Å². The highest BCUT2D eigenvalue weighted by Gasteiger charge is 2.35. The summed E-state index contributed by atoms with van der Waals surface area (Å²) in [5, 5.41) is -0.277. The molecule has 4 nitrogen and oxygen atoms in total. The highest BCUT2D eigenvalue weighted by atomic mass is 35.5. The molecule has 1 saturated heterocycles. The minimum atomic E-state index is -4.63. The fourth-order valence-corrected chi connectivity index (χ4v) is 2.41. The van der Waals surface area contributed by atoms with Crippen LogP contribution in [-0.4, -0.2) is 41.1 Å². The number of hydrogen-bond acceptors (Lipinski definition) is 4. The minimum Gasteiger partial charge on any atom is -0.477 e. The van der Waals surface area contributed by atoms with E-state index in [0.29, 0.717) is 12.6 Å². The molecule has 0 amide bonds. The van der Waals surface area contributed by atoms with E-state index in [4.69, 9.17) is 16.3 Å². The lowest BCUT2D eigenvalue weighted by molar-refractivity contribution is -0.145. The molecule has 20 heavy (non-hydrogen) atoms. The summed E-state index contributed by atoms with van der Waals surface area (Å²) in [7, 11) is 2.03. The number of aromatic nitrogens is 2. The van der Waals surface area contributed by atoms with Crippen molar-refractivity contribution >= 4 is 11.6 Å². The first-order valence-corrected chi connectivity index (χ1v) is 6.69.